The first-order valence-corrected chi connectivity index (χ1v) is 13.9. The van der Waals surface area contributed by atoms with Gasteiger partial charge < -0.3 is 15.1 Å². The van der Waals surface area contributed by atoms with E-state index in [9.17, 15) is 4.79 Å². The molecule has 1 aromatic carbocycles. The van der Waals surface area contributed by atoms with Crippen molar-refractivity contribution in [1.29, 1.82) is 0 Å². The molecule has 2 aromatic heterocycles. The van der Waals surface area contributed by atoms with E-state index in [2.05, 4.69) is 67.1 Å². The van der Waals surface area contributed by atoms with Gasteiger partial charge in [0.25, 0.3) is 0 Å². The molecular formula is C27H38N6OS. The molecule has 188 valence electrons. The number of benzene rings is 1. The first-order chi connectivity index (χ1) is 16.8. The second kappa shape index (κ2) is 9.80. The summed E-state index contributed by atoms with van der Waals surface area (Å²) in [6.45, 7) is 11.8. The number of carbonyl (C=O) groups is 1. The molecule has 0 radical (unpaired) electrons. The number of nitrogens with zero attached hydrogens (tertiary/aromatic N) is 5. The van der Waals surface area contributed by atoms with Gasteiger partial charge in [-0.3, -0.25) is 4.79 Å². The van der Waals surface area contributed by atoms with Crippen LogP contribution in [0.2, 0.25) is 0 Å². The van der Waals surface area contributed by atoms with Crippen LogP contribution in [0, 0.1) is 12.8 Å². The van der Waals surface area contributed by atoms with Gasteiger partial charge in [-0.1, -0.05) is 54.9 Å². The molecule has 8 heteroatoms. The molecule has 3 aromatic rings. The summed E-state index contributed by atoms with van der Waals surface area (Å²) in [6.07, 6.45) is 7.08. The molecular weight excluding hydrogens is 456 g/mol. The van der Waals surface area contributed by atoms with Crippen LogP contribution in [0.15, 0.2) is 24.3 Å². The molecule has 2 fully saturated rings. The van der Waals surface area contributed by atoms with E-state index in [4.69, 9.17) is 10.1 Å². The number of carbonyl (C=O) groups excluding carboxylic acids is 1. The van der Waals surface area contributed by atoms with Crippen LogP contribution in [0.4, 0.5) is 10.9 Å². The summed E-state index contributed by atoms with van der Waals surface area (Å²) in [5.41, 5.74) is 3.15. The lowest BCUT2D eigenvalue weighted by Crippen LogP contribution is -2.49. The quantitative estimate of drug-likeness (QED) is 0.500. The Morgan fingerprint density at radius 2 is 1.80 bits per heavy atom. The van der Waals surface area contributed by atoms with Gasteiger partial charge in [0, 0.05) is 43.7 Å². The molecule has 1 saturated heterocycles. The van der Waals surface area contributed by atoms with Gasteiger partial charge in [-0.2, -0.15) is 4.52 Å². The number of rotatable bonds is 5. The highest BCUT2D eigenvalue weighted by Crippen LogP contribution is 2.36. The number of nitrogens with one attached hydrogen (secondary N) is 1. The average molecular weight is 495 g/mol. The van der Waals surface area contributed by atoms with E-state index in [0.717, 1.165) is 59.8 Å². The predicted octanol–water partition coefficient (Wildman–Crippen LogP) is 5.60. The summed E-state index contributed by atoms with van der Waals surface area (Å²) in [6, 6.07) is 8.37. The molecule has 0 bridgehead atoms. The predicted molar refractivity (Wildman–Crippen MR) is 144 cm³/mol. The van der Waals surface area contributed by atoms with Gasteiger partial charge in [0.1, 0.15) is 5.69 Å². The molecule has 0 spiro atoms. The number of aromatic nitrogens is 3. The Kier molecular flexibility index (Phi) is 6.75. The lowest BCUT2D eigenvalue weighted by molar-refractivity contribution is -0.132. The van der Waals surface area contributed by atoms with E-state index in [1.165, 1.54) is 37.7 Å². The first-order valence-electron chi connectivity index (χ1n) is 13.0. The van der Waals surface area contributed by atoms with E-state index < -0.39 is 0 Å². The number of anilines is 2. The topological polar surface area (TPSA) is 65.8 Å². The van der Waals surface area contributed by atoms with Gasteiger partial charge in [-0.15, -0.1) is 5.10 Å². The highest BCUT2D eigenvalue weighted by molar-refractivity contribution is 7.20. The van der Waals surface area contributed by atoms with Gasteiger partial charge in [0.05, 0.1) is 0 Å². The van der Waals surface area contributed by atoms with E-state index in [-0.39, 0.29) is 5.54 Å². The lowest BCUT2D eigenvalue weighted by Gasteiger charge is -2.35. The first kappa shape index (κ1) is 24.1. The number of amides is 1. The minimum absolute atomic E-state index is 0.124. The molecule has 5 rings (SSSR count). The van der Waals surface area contributed by atoms with Crippen LogP contribution in [-0.2, 0) is 4.79 Å². The van der Waals surface area contributed by atoms with Crippen molar-refractivity contribution < 1.29 is 4.79 Å². The monoisotopic (exact) mass is 494 g/mol. The fraction of sp³-hybridized carbons (Fsp3) is 0.593. The van der Waals surface area contributed by atoms with Crippen molar-refractivity contribution in [3.05, 3.63) is 29.8 Å². The van der Waals surface area contributed by atoms with Gasteiger partial charge in [0.15, 0.2) is 5.82 Å². The molecule has 7 nitrogen and oxygen atoms in total. The van der Waals surface area contributed by atoms with Gasteiger partial charge in [0.2, 0.25) is 16.0 Å². The third-order valence-corrected chi connectivity index (χ3v) is 8.15. The highest BCUT2D eigenvalue weighted by Gasteiger charge is 2.28. The molecule has 2 aliphatic rings. The van der Waals surface area contributed by atoms with Gasteiger partial charge >= 0.3 is 0 Å². The summed E-state index contributed by atoms with van der Waals surface area (Å²) in [5.74, 6) is 1.87. The summed E-state index contributed by atoms with van der Waals surface area (Å²) >= 11 is 1.63. The van der Waals surface area contributed by atoms with Crippen molar-refractivity contribution in [3.8, 4) is 11.3 Å². The highest BCUT2D eigenvalue weighted by atomic mass is 32.1. The average Bonchev–Trinajstić information content (AvgIpc) is 3.38. The molecule has 0 atom stereocenters. The molecule has 35 heavy (non-hydrogen) atoms. The summed E-state index contributed by atoms with van der Waals surface area (Å²) < 4.78 is 1.97. The minimum Gasteiger partial charge on any atom is -0.364 e. The molecule has 3 heterocycles. The summed E-state index contributed by atoms with van der Waals surface area (Å²) in [4.78, 5) is 23.1. The second-order valence-corrected chi connectivity index (χ2v) is 12.1. The van der Waals surface area contributed by atoms with Crippen LogP contribution in [0.25, 0.3) is 16.2 Å². The maximum absolute atomic E-state index is 12.9. The Bertz CT molecular complexity index is 1180. The van der Waals surface area contributed by atoms with Crippen LogP contribution in [0.1, 0.15) is 64.9 Å². The Labute approximate surface area is 212 Å². The third-order valence-electron chi connectivity index (χ3n) is 7.18. The molecule has 1 aliphatic carbocycles. The number of piperazine rings is 1. The molecule has 1 aliphatic heterocycles. The van der Waals surface area contributed by atoms with Gasteiger partial charge in [-0.05, 0) is 52.0 Å². The van der Waals surface area contributed by atoms with Crippen molar-refractivity contribution in [3.63, 3.8) is 0 Å². The van der Waals surface area contributed by atoms with E-state index >= 15 is 0 Å². The lowest BCUT2D eigenvalue weighted by atomic mass is 9.86. The molecule has 1 saturated carbocycles. The fourth-order valence-electron chi connectivity index (χ4n) is 5.27. The van der Waals surface area contributed by atoms with Crippen LogP contribution in [0.3, 0.4) is 0 Å². The Balaban J connectivity index is 1.33. The van der Waals surface area contributed by atoms with Crippen molar-refractivity contribution in [2.24, 2.45) is 5.92 Å². The van der Waals surface area contributed by atoms with E-state index in [1.807, 2.05) is 4.52 Å². The number of hydrogen-bond donors (Lipinski definition) is 1. The SMILES string of the molecule is Cc1ccccc1-c1nc2sc(N3CCN(C(=O)CC4CCCCC4)CC3)nn2c1NC(C)(C)C. The number of imidazole rings is 1. The van der Waals surface area contributed by atoms with Gasteiger partial charge in [-0.25, -0.2) is 4.98 Å². The zero-order valence-electron chi connectivity index (χ0n) is 21.5. The van der Waals surface area contributed by atoms with Crippen molar-refractivity contribution in [1.82, 2.24) is 19.5 Å². The number of aryl methyl sites for hydroxylation is 1. The summed E-state index contributed by atoms with van der Waals surface area (Å²) in [7, 11) is 0. The minimum atomic E-state index is -0.124. The molecule has 0 unspecified atom stereocenters. The van der Waals surface area contributed by atoms with E-state index in [0.29, 0.717) is 11.8 Å². The number of hydrogen-bond acceptors (Lipinski definition) is 6. The third kappa shape index (κ3) is 5.32. The standard InChI is InChI=1S/C27H38N6OS/c1-19-10-8-9-13-21(19)23-24(29-27(2,3)4)33-25(28-23)35-26(30-33)32-16-14-31(15-17-32)22(34)18-20-11-6-5-7-12-20/h8-10,13,20,29H,5-7,11-12,14-18H2,1-4H3. The van der Waals surface area contributed by atoms with Crippen molar-refractivity contribution in [2.45, 2.75) is 71.8 Å². The largest absolute Gasteiger partial charge is 0.364 e. The second-order valence-electron chi connectivity index (χ2n) is 11.2. The Morgan fingerprint density at radius 1 is 1.09 bits per heavy atom. The van der Waals surface area contributed by atoms with Crippen molar-refractivity contribution in [2.75, 3.05) is 36.4 Å². The fourth-order valence-corrected chi connectivity index (χ4v) is 6.23. The Hall–Kier alpha value is -2.61. The van der Waals surface area contributed by atoms with Crippen LogP contribution in [-0.4, -0.2) is 57.1 Å². The van der Waals surface area contributed by atoms with E-state index in [1.54, 1.807) is 11.3 Å². The Morgan fingerprint density at radius 3 is 2.49 bits per heavy atom. The van der Waals surface area contributed by atoms with Crippen LogP contribution in [0.5, 0.6) is 0 Å². The van der Waals surface area contributed by atoms with Crippen molar-refractivity contribution >= 4 is 33.2 Å². The molecule has 1 N–H and O–H groups in total. The molecule has 1 amide bonds. The smallest absolute Gasteiger partial charge is 0.222 e. The zero-order chi connectivity index (χ0) is 24.6. The van der Waals surface area contributed by atoms with Crippen LogP contribution >= 0.6 is 11.3 Å². The normalized spacial score (nSPS) is 17.8. The summed E-state index contributed by atoms with van der Waals surface area (Å²) in [5, 5.41) is 9.61. The number of fused-ring (bicyclic) bond motifs is 1. The van der Waals surface area contributed by atoms with Crippen LogP contribution < -0.4 is 10.2 Å². The maximum atomic E-state index is 12.9. The zero-order valence-corrected chi connectivity index (χ0v) is 22.3. The maximum Gasteiger partial charge on any atom is 0.222 e.